The lowest BCUT2D eigenvalue weighted by molar-refractivity contribution is 0.0637. The molecule has 3 rings (SSSR count). The van der Waals surface area contributed by atoms with E-state index in [1.54, 1.807) is 12.4 Å². The van der Waals surface area contributed by atoms with Gasteiger partial charge >= 0.3 is 0 Å². The van der Waals surface area contributed by atoms with E-state index in [-0.39, 0.29) is 5.91 Å². The van der Waals surface area contributed by atoms with Crippen molar-refractivity contribution in [2.75, 3.05) is 44.6 Å². The lowest BCUT2D eigenvalue weighted by Crippen LogP contribution is -2.48. The van der Waals surface area contributed by atoms with Crippen LogP contribution >= 0.6 is 0 Å². The smallest absolute Gasteiger partial charge is 0.274 e. The van der Waals surface area contributed by atoms with Crippen LogP contribution in [0.2, 0.25) is 0 Å². The maximum absolute atomic E-state index is 12.5. The molecule has 1 fully saturated rings. The largest absolute Gasteiger partial charge is 0.369 e. The monoisotopic (exact) mass is 353 g/mol. The van der Waals surface area contributed by atoms with Gasteiger partial charge in [-0.1, -0.05) is 37.3 Å². The van der Waals surface area contributed by atoms with Gasteiger partial charge in [0.2, 0.25) is 0 Å². The third-order valence-corrected chi connectivity index (χ3v) is 4.77. The Morgan fingerprint density at radius 2 is 1.85 bits per heavy atom. The number of hydrogen-bond acceptors (Lipinski definition) is 5. The second-order valence-electron chi connectivity index (χ2n) is 6.53. The van der Waals surface area contributed by atoms with Gasteiger partial charge in [0.25, 0.3) is 5.91 Å². The Bertz CT molecular complexity index is 681. The van der Waals surface area contributed by atoms with E-state index >= 15 is 0 Å². The van der Waals surface area contributed by atoms with Crippen molar-refractivity contribution in [1.29, 1.82) is 0 Å². The molecule has 0 radical (unpaired) electrons. The summed E-state index contributed by atoms with van der Waals surface area (Å²) in [5, 5.41) is 3.27. The van der Waals surface area contributed by atoms with Crippen LogP contribution in [0.15, 0.2) is 42.7 Å². The highest BCUT2D eigenvalue weighted by Crippen LogP contribution is 2.09. The van der Waals surface area contributed by atoms with Crippen molar-refractivity contribution in [1.82, 2.24) is 19.8 Å². The number of piperazine rings is 1. The minimum absolute atomic E-state index is 0.0242. The Morgan fingerprint density at radius 1 is 1.08 bits per heavy atom. The number of hydrogen-bond donors (Lipinski definition) is 1. The van der Waals surface area contributed by atoms with Crippen LogP contribution in [-0.2, 0) is 6.42 Å². The number of rotatable bonds is 7. The van der Waals surface area contributed by atoms with Crippen molar-refractivity contribution in [2.24, 2.45) is 0 Å². The second-order valence-corrected chi connectivity index (χ2v) is 6.53. The molecular formula is C20H27N5O. The average Bonchev–Trinajstić information content (AvgIpc) is 2.72. The quantitative estimate of drug-likeness (QED) is 0.774. The molecule has 0 spiro atoms. The van der Waals surface area contributed by atoms with Gasteiger partial charge in [0.05, 0.1) is 12.4 Å². The topological polar surface area (TPSA) is 61.4 Å². The van der Waals surface area contributed by atoms with Crippen LogP contribution in [0.3, 0.4) is 0 Å². The highest BCUT2D eigenvalue weighted by molar-refractivity contribution is 5.92. The molecule has 138 valence electrons. The normalized spacial score (nSPS) is 15.0. The number of benzene rings is 1. The minimum atomic E-state index is -0.0242. The molecule has 1 saturated heterocycles. The highest BCUT2D eigenvalue weighted by atomic mass is 16.2. The zero-order chi connectivity index (χ0) is 18.2. The molecule has 0 unspecified atom stereocenters. The van der Waals surface area contributed by atoms with Crippen LogP contribution < -0.4 is 5.32 Å². The Balaban J connectivity index is 1.43. The Hall–Kier alpha value is -2.47. The molecule has 1 aliphatic rings. The first kappa shape index (κ1) is 18.3. The van der Waals surface area contributed by atoms with E-state index in [4.69, 9.17) is 0 Å². The molecule has 1 amide bonds. The minimum Gasteiger partial charge on any atom is -0.369 e. The highest BCUT2D eigenvalue weighted by Gasteiger charge is 2.22. The Labute approximate surface area is 155 Å². The van der Waals surface area contributed by atoms with Crippen molar-refractivity contribution < 1.29 is 4.79 Å². The van der Waals surface area contributed by atoms with Crippen molar-refractivity contribution in [2.45, 2.75) is 19.8 Å². The summed E-state index contributed by atoms with van der Waals surface area (Å²) in [5.74, 6) is 0.689. The van der Waals surface area contributed by atoms with Gasteiger partial charge in [0.15, 0.2) is 0 Å². The van der Waals surface area contributed by atoms with E-state index in [1.165, 1.54) is 5.56 Å². The molecule has 0 saturated carbocycles. The predicted octanol–water partition coefficient (Wildman–Crippen LogP) is 2.30. The summed E-state index contributed by atoms with van der Waals surface area (Å²) in [5.41, 5.74) is 1.76. The summed E-state index contributed by atoms with van der Waals surface area (Å²) in [4.78, 5) is 25.4. The molecule has 0 atom stereocenters. The number of carbonyl (C=O) groups is 1. The van der Waals surface area contributed by atoms with Crippen LogP contribution in [0.4, 0.5) is 5.82 Å². The van der Waals surface area contributed by atoms with E-state index in [1.807, 2.05) is 11.0 Å². The first-order chi connectivity index (χ1) is 12.8. The zero-order valence-electron chi connectivity index (χ0n) is 15.4. The fourth-order valence-electron chi connectivity index (χ4n) is 3.11. The maximum atomic E-state index is 12.5. The lowest BCUT2D eigenvalue weighted by Gasteiger charge is -2.33. The van der Waals surface area contributed by atoms with E-state index in [0.29, 0.717) is 11.5 Å². The molecule has 1 N–H and O–H groups in total. The maximum Gasteiger partial charge on any atom is 0.274 e. The van der Waals surface area contributed by atoms with Gasteiger partial charge in [-0.15, -0.1) is 0 Å². The van der Waals surface area contributed by atoms with Crippen molar-refractivity contribution in [3.05, 3.63) is 54.0 Å². The second kappa shape index (κ2) is 9.29. The van der Waals surface area contributed by atoms with Gasteiger partial charge in [0, 0.05) is 32.7 Å². The third kappa shape index (κ3) is 5.02. The standard InChI is InChI=1S/C20H27N5O/c1-2-24-11-13-25(14-12-24)20(26)18-15-23-19(16-22-18)21-10-6-9-17-7-4-3-5-8-17/h3-5,7-8,15-16H,2,6,9-14H2,1H3,(H,21,23). The summed E-state index contributed by atoms with van der Waals surface area (Å²) in [6.45, 7) is 7.38. The number of nitrogens with zero attached hydrogens (tertiary/aromatic N) is 4. The van der Waals surface area contributed by atoms with Crippen LogP contribution in [0.1, 0.15) is 29.4 Å². The fourth-order valence-corrected chi connectivity index (χ4v) is 3.11. The van der Waals surface area contributed by atoms with E-state index < -0.39 is 0 Å². The summed E-state index contributed by atoms with van der Waals surface area (Å²) in [7, 11) is 0. The fraction of sp³-hybridized carbons (Fsp3) is 0.450. The molecular weight excluding hydrogens is 326 g/mol. The molecule has 26 heavy (non-hydrogen) atoms. The first-order valence-electron chi connectivity index (χ1n) is 9.37. The molecule has 0 bridgehead atoms. The number of carbonyl (C=O) groups excluding carboxylic acids is 1. The van der Waals surface area contributed by atoms with Crippen molar-refractivity contribution >= 4 is 11.7 Å². The van der Waals surface area contributed by atoms with Crippen LogP contribution in [0.5, 0.6) is 0 Å². The molecule has 1 aliphatic heterocycles. The molecule has 1 aromatic carbocycles. The van der Waals surface area contributed by atoms with E-state index in [2.05, 4.69) is 51.4 Å². The number of amides is 1. The average molecular weight is 353 g/mol. The van der Waals surface area contributed by atoms with Gasteiger partial charge in [-0.2, -0.15) is 0 Å². The van der Waals surface area contributed by atoms with Gasteiger partial charge in [-0.25, -0.2) is 9.97 Å². The number of nitrogens with one attached hydrogen (secondary N) is 1. The molecule has 2 heterocycles. The SMILES string of the molecule is CCN1CCN(C(=O)c2cnc(NCCCc3ccccc3)cn2)CC1. The number of likely N-dealkylation sites (N-methyl/N-ethyl adjacent to an activating group) is 1. The summed E-state index contributed by atoms with van der Waals surface area (Å²) in [6.07, 6.45) is 5.28. The van der Waals surface area contributed by atoms with Crippen LogP contribution in [0.25, 0.3) is 0 Å². The third-order valence-electron chi connectivity index (χ3n) is 4.77. The van der Waals surface area contributed by atoms with Crippen LogP contribution in [-0.4, -0.2) is 64.9 Å². The zero-order valence-corrected chi connectivity index (χ0v) is 15.4. The Kier molecular flexibility index (Phi) is 6.55. The summed E-state index contributed by atoms with van der Waals surface area (Å²) in [6, 6.07) is 10.4. The molecule has 2 aromatic rings. The van der Waals surface area contributed by atoms with Crippen molar-refractivity contribution in [3.8, 4) is 0 Å². The van der Waals surface area contributed by atoms with Gasteiger partial charge in [-0.05, 0) is 24.9 Å². The first-order valence-corrected chi connectivity index (χ1v) is 9.37. The number of aromatic nitrogens is 2. The summed E-state index contributed by atoms with van der Waals surface area (Å²) >= 11 is 0. The van der Waals surface area contributed by atoms with Crippen molar-refractivity contribution in [3.63, 3.8) is 0 Å². The lowest BCUT2D eigenvalue weighted by atomic mass is 10.1. The molecule has 6 heteroatoms. The molecule has 1 aromatic heterocycles. The summed E-state index contributed by atoms with van der Waals surface area (Å²) < 4.78 is 0. The van der Waals surface area contributed by atoms with Crippen LogP contribution in [0, 0.1) is 0 Å². The predicted molar refractivity (Wildman–Crippen MR) is 103 cm³/mol. The van der Waals surface area contributed by atoms with E-state index in [9.17, 15) is 4.79 Å². The van der Waals surface area contributed by atoms with E-state index in [0.717, 1.165) is 52.1 Å². The number of anilines is 1. The molecule has 0 aliphatic carbocycles. The van der Waals surface area contributed by atoms with Gasteiger partial charge < -0.3 is 15.1 Å². The van der Waals surface area contributed by atoms with Gasteiger partial charge in [-0.3, -0.25) is 4.79 Å². The Morgan fingerprint density at radius 3 is 2.50 bits per heavy atom. The number of aryl methyl sites for hydroxylation is 1. The molecule has 6 nitrogen and oxygen atoms in total. The van der Waals surface area contributed by atoms with Gasteiger partial charge in [0.1, 0.15) is 11.5 Å².